The summed E-state index contributed by atoms with van der Waals surface area (Å²) in [6.45, 7) is 2.91. The second-order valence-corrected chi connectivity index (χ2v) is 6.75. The highest BCUT2D eigenvalue weighted by atomic mass is 16.5. The van der Waals surface area contributed by atoms with Crippen molar-refractivity contribution < 1.29 is 4.74 Å². The van der Waals surface area contributed by atoms with Gasteiger partial charge in [0.2, 0.25) is 0 Å². The Bertz CT molecular complexity index is 706. The molecule has 4 heteroatoms. The summed E-state index contributed by atoms with van der Waals surface area (Å²) in [5.41, 5.74) is 4.03. The molecule has 1 aromatic carbocycles. The zero-order valence-corrected chi connectivity index (χ0v) is 12.8. The SMILES string of the molecule is c1cc2c(c(C3(c4cc5n(n4)CCCN5)CCC3)c1)OCC2. The van der Waals surface area contributed by atoms with E-state index < -0.39 is 0 Å². The van der Waals surface area contributed by atoms with Gasteiger partial charge < -0.3 is 10.1 Å². The maximum absolute atomic E-state index is 5.98. The van der Waals surface area contributed by atoms with Crippen molar-refractivity contribution in [2.24, 2.45) is 0 Å². The fraction of sp³-hybridized carbons (Fsp3) is 0.500. The molecule has 0 spiro atoms. The number of nitrogens with zero attached hydrogens (tertiary/aromatic N) is 2. The number of hydrogen-bond acceptors (Lipinski definition) is 3. The first-order valence-corrected chi connectivity index (χ1v) is 8.44. The molecule has 1 N–H and O–H groups in total. The molecule has 4 nitrogen and oxygen atoms in total. The fourth-order valence-corrected chi connectivity index (χ4v) is 4.19. The monoisotopic (exact) mass is 295 g/mol. The molecule has 0 radical (unpaired) electrons. The van der Waals surface area contributed by atoms with Gasteiger partial charge in [0, 0.05) is 36.6 Å². The third-order valence-electron chi connectivity index (χ3n) is 5.56. The van der Waals surface area contributed by atoms with Gasteiger partial charge in [-0.3, -0.25) is 0 Å². The topological polar surface area (TPSA) is 39.1 Å². The van der Waals surface area contributed by atoms with Crippen LogP contribution in [0.5, 0.6) is 5.75 Å². The lowest BCUT2D eigenvalue weighted by atomic mass is 9.62. The van der Waals surface area contributed by atoms with Crippen molar-refractivity contribution in [3.8, 4) is 5.75 Å². The van der Waals surface area contributed by atoms with Crippen LogP contribution in [-0.2, 0) is 18.4 Å². The summed E-state index contributed by atoms with van der Waals surface area (Å²) in [6.07, 6.45) is 5.84. The Labute approximate surface area is 130 Å². The number of aryl methyl sites for hydroxylation is 1. The van der Waals surface area contributed by atoms with E-state index >= 15 is 0 Å². The third-order valence-corrected chi connectivity index (χ3v) is 5.56. The summed E-state index contributed by atoms with van der Waals surface area (Å²) >= 11 is 0. The van der Waals surface area contributed by atoms with E-state index in [9.17, 15) is 0 Å². The summed E-state index contributed by atoms with van der Waals surface area (Å²) in [4.78, 5) is 0. The first-order valence-electron chi connectivity index (χ1n) is 8.44. The molecule has 0 atom stereocenters. The normalized spacial score (nSPS) is 21.3. The van der Waals surface area contributed by atoms with E-state index in [1.807, 2.05) is 0 Å². The van der Waals surface area contributed by atoms with Crippen molar-refractivity contribution in [2.75, 3.05) is 18.5 Å². The van der Waals surface area contributed by atoms with E-state index in [2.05, 4.69) is 34.3 Å². The van der Waals surface area contributed by atoms with E-state index in [-0.39, 0.29) is 5.41 Å². The second kappa shape index (κ2) is 4.51. The second-order valence-electron chi connectivity index (χ2n) is 6.75. The molecular weight excluding hydrogens is 274 g/mol. The maximum atomic E-state index is 5.98. The van der Waals surface area contributed by atoms with Gasteiger partial charge in [0.05, 0.1) is 12.3 Å². The van der Waals surface area contributed by atoms with Crippen molar-refractivity contribution in [1.29, 1.82) is 0 Å². The number of fused-ring (bicyclic) bond motifs is 2. The Morgan fingerprint density at radius 2 is 2.18 bits per heavy atom. The van der Waals surface area contributed by atoms with Crippen LogP contribution in [0.3, 0.4) is 0 Å². The van der Waals surface area contributed by atoms with Crippen LogP contribution in [0, 0.1) is 0 Å². The standard InChI is InChI=1S/C18H21N3O/c1-4-13-6-11-22-17(13)14(5-1)18(7-2-8-18)15-12-16-19-9-3-10-21(16)20-15/h1,4-5,12,19H,2-3,6-11H2. The van der Waals surface area contributed by atoms with E-state index in [1.165, 1.54) is 41.9 Å². The molecule has 114 valence electrons. The number of hydrogen-bond donors (Lipinski definition) is 1. The molecular formula is C18H21N3O. The lowest BCUT2D eigenvalue weighted by Crippen LogP contribution is -2.36. The zero-order chi connectivity index (χ0) is 14.6. The molecule has 1 aromatic heterocycles. The molecule has 0 amide bonds. The number of aromatic nitrogens is 2. The molecule has 0 unspecified atom stereocenters. The summed E-state index contributed by atoms with van der Waals surface area (Å²) in [5, 5.41) is 8.42. The van der Waals surface area contributed by atoms with Gasteiger partial charge in [-0.05, 0) is 24.8 Å². The van der Waals surface area contributed by atoms with Gasteiger partial charge in [-0.1, -0.05) is 24.6 Å². The first kappa shape index (κ1) is 12.6. The molecule has 2 aliphatic heterocycles. The van der Waals surface area contributed by atoms with E-state index in [1.54, 1.807) is 0 Å². The highest BCUT2D eigenvalue weighted by Crippen LogP contribution is 2.53. The Balaban J connectivity index is 1.64. The van der Waals surface area contributed by atoms with E-state index in [0.29, 0.717) is 0 Å². The summed E-state index contributed by atoms with van der Waals surface area (Å²) in [6, 6.07) is 8.93. The largest absolute Gasteiger partial charge is 0.493 e. The Morgan fingerprint density at radius 1 is 1.23 bits per heavy atom. The van der Waals surface area contributed by atoms with Gasteiger partial charge in [0.15, 0.2) is 0 Å². The van der Waals surface area contributed by atoms with Crippen LogP contribution in [0.4, 0.5) is 5.82 Å². The van der Waals surface area contributed by atoms with Crippen molar-refractivity contribution in [3.05, 3.63) is 41.1 Å². The molecule has 1 fully saturated rings. The van der Waals surface area contributed by atoms with Gasteiger partial charge in [-0.2, -0.15) is 5.10 Å². The molecule has 0 bridgehead atoms. The fourth-order valence-electron chi connectivity index (χ4n) is 4.19. The Morgan fingerprint density at radius 3 is 3.00 bits per heavy atom. The van der Waals surface area contributed by atoms with Crippen molar-refractivity contribution in [3.63, 3.8) is 0 Å². The molecule has 0 saturated heterocycles. The lowest BCUT2D eigenvalue weighted by molar-refractivity contribution is 0.273. The quantitative estimate of drug-likeness (QED) is 0.925. The van der Waals surface area contributed by atoms with Crippen LogP contribution < -0.4 is 10.1 Å². The highest BCUT2D eigenvalue weighted by molar-refractivity contribution is 5.54. The van der Waals surface area contributed by atoms with Crippen LogP contribution >= 0.6 is 0 Å². The predicted octanol–water partition coefficient (Wildman–Crippen LogP) is 3.10. The number of benzene rings is 1. The number of ether oxygens (including phenoxy) is 1. The third kappa shape index (κ3) is 1.61. The average molecular weight is 295 g/mol. The minimum absolute atomic E-state index is 0.0711. The van der Waals surface area contributed by atoms with Crippen LogP contribution in [0.25, 0.3) is 0 Å². The van der Waals surface area contributed by atoms with Crippen molar-refractivity contribution >= 4 is 5.82 Å². The van der Waals surface area contributed by atoms with Crippen molar-refractivity contribution in [1.82, 2.24) is 9.78 Å². The van der Waals surface area contributed by atoms with Gasteiger partial charge in [0.1, 0.15) is 11.6 Å². The minimum Gasteiger partial charge on any atom is -0.493 e. The maximum Gasteiger partial charge on any atom is 0.126 e. The Hall–Kier alpha value is -1.97. The number of rotatable bonds is 2. The van der Waals surface area contributed by atoms with Crippen LogP contribution in [0.15, 0.2) is 24.3 Å². The molecule has 1 aliphatic carbocycles. The molecule has 1 saturated carbocycles. The molecule has 22 heavy (non-hydrogen) atoms. The molecule has 5 rings (SSSR count). The van der Waals surface area contributed by atoms with E-state index in [0.717, 1.165) is 38.3 Å². The smallest absolute Gasteiger partial charge is 0.126 e. The number of anilines is 1. The molecule has 3 aliphatic rings. The van der Waals surface area contributed by atoms with Crippen molar-refractivity contribution in [2.45, 2.75) is 44.1 Å². The number of nitrogens with one attached hydrogen (secondary N) is 1. The van der Waals surface area contributed by atoms with Crippen LogP contribution in [0.1, 0.15) is 42.5 Å². The summed E-state index contributed by atoms with van der Waals surface area (Å²) in [7, 11) is 0. The lowest BCUT2D eigenvalue weighted by Gasteiger charge is -2.41. The van der Waals surface area contributed by atoms with Gasteiger partial charge in [-0.25, -0.2) is 4.68 Å². The van der Waals surface area contributed by atoms with Crippen LogP contribution in [0.2, 0.25) is 0 Å². The zero-order valence-electron chi connectivity index (χ0n) is 12.8. The van der Waals surface area contributed by atoms with Gasteiger partial charge in [-0.15, -0.1) is 0 Å². The molecule has 3 heterocycles. The van der Waals surface area contributed by atoms with Gasteiger partial charge >= 0.3 is 0 Å². The first-order chi connectivity index (χ1) is 10.9. The minimum atomic E-state index is 0.0711. The summed E-state index contributed by atoms with van der Waals surface area (Å²) < 4.78 is 8.13. The average Bonchev–Trinajstić information content (AvgIpc) is 3.12. The Kier molecular flexibility index (Phi) is 2.58. The summed E-state index contributed by atoms with van der Waals surface area (Å²) in [5.74, 6) is 2.32. The highest BCUT2D eigenvalue weighted by Gasteiger charge is 2.45. The van der Waals surface area contributed by atoms with E-state index in [4.69, 9.17) is 9.84 Å². The number of para-hydroxylation sites is 1. The molecule has 2 aromatic rings. The van der Waals surface area contributed by atoms with Gasteiger partial charge in [0.25, 0.3) is 0 Å². The predicted molar refractivity (Wildman–Crippen MR) is 85.6 cm³/mol. The van der Waals surface area contributed by atoms with Crippen LogP contribution in [-0.4, -0.2) is 22.9 Å².